The van der Waals surface area contributed by atoms with E-state index in [0.29, 0.717) is 6.07 Å². The van der Waals surface area contributed by atoms with E-state index in [4.69, 9.17) is 15.2 Å². The van der Waals surface area contributed by atoms with Crippen molar-refractivity contribution >= 4 is 79.2 Å². The Bertz CT molecular complexity index is 2160. The van der Waals surface area contributed by atoms with E-state index in [2.05, 4.69) is 31.9 Å². The Morgan fingerprint density at radius 1 is 0.500 bits per heavy atom. The molecule has 0 radical (unpaired) electrons. The highest BCUT2D eigenvalue weighted by Gasteiger charge is 2.26. The fourth-order valence-corrected chi connectivity index (χ4v) is 5.92. The van der Waals surface area contributed by atoms with Gasteiger partial charge in [0, 0.05) is 52.7 Å². The van der Waals surface area contributed by atoms with Crippen LogP contribution in [0.1, 0.15) is 76.0 Å². The molecule has 3 aromatic rings. The number of aliphatic carboxylic acids is 1. The summed E-state index contributed by atoms with van der Waals surface area (Å²) < 4.78 is 42.6. The number of amides is 6. The molecule has 0 aromatic heterocycles. The fourth-order valence-electron chi connectivity index (χ4n) is 5.92. The molecule has 0 spiro atoms. The molecule has 0 aliphatic carbocycles. The lowest BCUT2D eigenvalue weighted by molar-refractivity contribution is -0.137. The molecule has 0 saturated heterocycles. The van der Waals surface area contributed by atoms with E-state index in [1.807, 2.05) is 0 Å². The molecule has 0 heterocycles. The molecule has 342 valence electrons. The first-order chi connectivity index (χ1) is 30.3. The van der Waals surface area contributed by atoms with Gasteiger partial charge in [-0.15, -0.1) is 0 Å². The Morgan fingerprint density at radius 2 is 0.891 bits per heavy atom. The Labute approximate surface area is 364 Å². The van der Waals surface area contributed by atoms with Crippen LogP contribution < -0.4 is 48.3 Å². The number of benzene rings is 3. The lowest BCUT2D eigenvalue weighted by Gasteiger charge is -2.21. The van der Waals surface area contributed by atoms with Gasteiger partial charge in [-0.05, 0) is 74.9 Å². The van der Waals surface area contributed by atoms with Gasteiger partial charge in [-0.25, -0.2) is 13.2 Å². The average Bonchev–Trinajstić information content (AvgIpc) is 3.23. The molecular weight excluding hydrogens is 854 g/mol. The highest BCUT2D eigenvalue weighted by molar-refractivity contribution is 6.59. The van der Waals surface area contributed by atoms with Gasteiger partial charge in [0.15, 0.2) is 0 Å². The smallest absolute Gasteiger partial charge is 0.481 e. The van der Waals surface area contributed by atoms with Crippen LogP contribution in [-0.2, 0) is 19.2 Å². The number of unbranched alkanes of at least 4 members (excludes halogenated alkanes) is 2. The molecule has 6 amide bonds. The summed E-state index contributed by atoms with van der Waals surface area (Å²) in [4.78, 5) is 88.4. The molecule has 64 heavy (non-hydrogen) atoms. The first-order valence-electron chi connectivity index (χ1n) is 19.7. The SMILES string of the molecule is O=C(O)CCNC(=O)[C@H](CCCCNC(=O)c1ccc(B(O)O)c(F)c1)NC(=O)CNC(=O)[C@H](CCCCNC(=O)c1ccc(B(O)O)c(F)c1)NC(=O)c1ccc(B(O)O)c(F)c1. The summed E-state index contributed by atoms with van der Waals surface area (Å²) >= 11 is 0. The van der Waals surface area contributed by atoms with E-state index in [1.54, 1.807) is 0 Å². The van der Waals surface area contributed by atoms with Crippen LogP contribution in [0.5, 0.6) is 0 Å². The number of rotatable bonds is 25. The van der Waals surface area contributed by atoms with Crippen molar-refractivity contribution in [2.24, 2.45) is 0 Å². The van der Waals surface area contributed by atoms with Gasteiger partial charge in [0.25, 0.3) is 17.7 Å². The van der Waals surface area contributed by atoms with Gasteiger partial charge in [0.1, 0.15) is 29.5 Å². The summed E-state index contributed by atoms with van der Waals surface area (Å²) in [6, 6.07) is 6.15. The second kappa shape index (κ2) is 25.7. The van der Waals surface area contributed by atoms with Crippen LogP contribution in [0, 0.1) is 17.5 Å². The number of carboxylic acid groups (broad SMARTS) is 1. The summed E-state index contributed by atoms with van der Waals surface area (Å²) in [5.74, 6) is -9.27. The number of hydrogen-bond donors (Lipinski definition) is 13. The van der Waals surface area contributed by atoms with Gasteiger partial charge in [-0.1, -0.05) is 18.2 Å². The maximum atomic E-state index is 14.4. The molecular formula is C38H46B3F3N6O14. The molecule has 0 saturated carbocycles. The van der Waals surface area contributed by atoms with Crippen LogP contribution in [0.15, 0.2) is 54.6 Å². The van der Waals surface area contributed by atoms with E-state index in [9.17, 15) is 66.8 Å². The van der Waals surface area contributed by atoms with Crippen molar-refractivity contribution in [1.29, 1.82) is 0 Å². The lowest BCUT2D eigenvalue weighted by Crippen LogP contribution is -2.52. The van der Waals surface area contributed by atoms with Crippen LogP contribution in [0.25, 0.3) is 0 Å². The number of halogens is 3. The van der Waals surface area contributed by atoms with E-state index in [0.717, 1.165) is 36.4 Å². The summed E-state index contributed by atoms with van der Waals surface area (Å²) in [6.45, 7) is -0.986. The van der Waals surface area contributed by atoms with Gasteiger partial charge in [0.2, 0.25) is 17.7 Å². The minimum absolute atomic E-state index is 0.00106. The summed E-state index contributed by atoms with van der Waals surface area (Å²) in [7, 11) is -6.34. The fraction of sp³-hybridized carbons (Fsp3) is 0.342. The largest absolute Gasteiger partial charge is 0.491 e. The zero-order chi connectivity index (χ0) is 47.5. The minimum atomic E-state index is -2.17. The van der Waals surface area contributed by atoms with Crippen molar-refractivity contribution in [1.82, 2.24) is 31.9 Å². The molecule has 0 fully saturated rings. The van der Waals surface area contributed by atoms with Crippen LogP contribution >= 0.6 is 0 Å². The summed E-state index contributed by atoms with van der Waals surface area (Å²) in [5, 5.41) is 78.9. The van der Waals surface area contributed by atoms with Crippen molar-refractivity contribution < 1.29 is 82.0 Å². The molecule has 2 atom stereocenters. The minimum Gasteiger partial charge on any atom is -0.481 e. The Balaban J connectivity index is 1.62. The molecule has 0 aliphatic heterocycles. The molecule has 20 nitrogen and oxygen atoms in total. The Kier molecular flexibility index (Phi) is 20.9. The van der Waals surface area contributed by atoms with Crippen LogP contribution in [0.3, 0.4) is 0 Å². The van der Waals surface area contributed by atoms with Crippen LogP contribution in [0.4, 0.5) is 13.2 Å². The third-order valence-electron chi connectivity index (χ3n) is 9.37. The van der Waals surface area contributed by atoms with Crippen molar-refractivity contribution in [3.05, 3.63) is 88.7 Å². The highest BCUT2D eigenvalue weighted by Crippen LogP contribution is 2.09. The summed E-state index contributed by atoms with van der Waals surface area (Å²) in [5.41, 5.74) is -1.92. The molecule has 13 N–H and O–H groups in total. The van der Waals surface area contributed by atoms with Crippen LogP contribution in [0.2, 0.25) is 0 Å². The topological polar surface area (TPSA) is 333 Å². The second-order valence-electron chi connectivity index (χ2n) is 14.1. The number of nitrogens with one attached hydrogen (secondary N) is 6. The zero-order valence-electron chi connectivity index (χ0n) is 34.0. The number of carbonyl (C=O) groups is 7. The molecule has 0 aliphatic rings. The van der Waals surface area contributed by atoms with E-state index in [1.165, 1.54) is 12.1 Å². The first kappa shape index (κ1) is 52.0. The van der Waals surface area contributed by atoms with E-state index in [-0.39, 0.29) is 74.8 Å². The zero-order valence-corrected chi connectivity index (χ0v) is 34.0. The predicted octanol–water partition coefficient (Wildman–Crippen LogP) is -4.37. The van der Waals surface area contributed by atoms with Gasteiger partial charge >= 0.3 is 27.3 Å². The molecule has 0 bridgehead atoms. The third-order valence-corrected chi connectivity index (χ3v) is 9.37. The third kappa shape index (κ3) is 16.8. The standard InChI is InChI=1S/C38H46B3F3N6O14/c42-27-17-21(7-10-24(27)39(59)60)34(54)45-14-3-1-5-30(37(57)47-16-13-33(52)53)49-32(51)20-48-38(58)31(50-36(56)23-9-12-26(41(63)64)29(44)19-23)6-2-4-15-46-35(55)22-8-11-25(40(61)62)28(43)18-22/h7-12,17-19,30-31,59-64H,1-6,13-16,20H2,(H,45,54)(H,46,55)(H,47,57)(H,48,58)(H,49,51)(H,50,56)(H,52,53)/t30-,31-/m0/s1. The molecule has 26 heteroatoms. The Hall–Kier alpha value is -6.31. The van der Waals surface area contributed by atoms with E-state index >= 15 is 0 Å². The van der Waals surface area contributed by atoms with Gasteiger partial charge in [-0.3, -0.25) is 33.6 Å². The van der Waals surface area contributed by atoms with Crippen molar-refractivity contribution in [2.45, 2.75) is 57.0 Å². The van der Waals surface area contributed by atoms with Crippen molar-refractivity contribution in [2.75, 3.05) is 26.2 Å². The van der Waals surface area contributed by atoms with Crippen molar-refractivity contribution in [3.63, 3.8) is 0 Å². The van der Waals surface area contributed by atoms with Crippen LogP contribution in [-0.4, -0.2) is 136 Å². The van der Waals surface area contributed by atoms with Crippen molar-refractivity contribution in [3.8, 4) is 0 Å². The van der Waals surface area contributed by atoms with Gasteiger partial charge in [-0.2, -0.15) is 0 Å². The van der Waals surface area contributed by atoms with Gasteiger partial charge < -0.3 is 67.2 Å². The first-order valence-corrected chi connectivity index (χ1v) is 19.7. The maximum Gasteiger partial charge on any atom is 0.491 e. The normalized spacial score (nSPS) is 11.6. The second-order valence-corrected chi connectivity index (χ2v) is 14.1. The maximum absolute atomic E-state index is 14.4. The molecule has 3 rings (SSSR count). The lowest BCUT2D eigenvalue weighted by atomic mass is 9.79. The number of carbonyl (C=O) groups excluding carboxylic acids is 6. The quantitative estimate of drug-likeness (QED) is 0.0283. The number of hydrogen-bond acceptors (Lipinski definition) is 13. The summed E-state index contributed by atoms with van der Waals surface area (Å²) in [6.07, 6.45) is 0.219. The predicted molar refractivity (Wildman–Crippen MR) is 223 cm³/mol. The number of carboxylic acids is 1. The molecule has 3 aromatic carbocycles. The monoisotopic (exact) mass is 900 g/mol. The van der Waals surface area contributed by atoms with Gasteiger partial charge in [0.05, 0.1) is 13.0 Å². The average molecular weight is 900 g/mol. The Morgan fingerprint density at radius 3 is 1.28 bits per heavy atom. The van der Waals surface area contributed by atoms with E-state index < -0.39 is 122 Å². The highest BCUT2D eigenvalue weighted by atomic mass is 19.1. The molecule has 0 unspecified atom stereocenters.